The van der Waals surface area contributed by atoms with Gasteiger partial charge in [0.2, 0.25) is 0 Å². The second-order valence-corrected chi connectivity index (χ2v) is 3.41. The molecule has 0 aromatic heterocycles. The molecule has 0 atom stereocenters. The Kier molecular flexibility index (Phi) is 1.38. The van der Waals surface area contributed by atoms with Crippen molar-refractivity contribution in [2.24, 2.45) is 0 Å². The summed E-state index contributed by atoms with van der Waals surface area (Å²) in [5.41, 5.74) is 2.69. The van der Waals surface area contributed by atoms with Crippen LogP contribution in [0.2, 0.25) is 0 Å². The van der Waals surface area contributed by atoms with Gasteiger partial charge in [0.25, 0.3) is 0 Å². The van der Waals surface area contributed by atoms with E-state index >= 15 is 0 Å². The molecule has 1 aromatic rings. The van der Waals surface area contributed by atoms with Gasteiger partial charge in [-0.25, -0.2) is 0 Å². The maximum atomic E-state index is 3.47. The van der Waals surface area contributed by atoms with Gasteiger partial charge >= 0.3 is 0 Å². The number of rotatable bonds is 0. The SMILES string of the molecule is BrC1=Cc2cc[c]cc2C1. The highest BCUT2D eigenvalue weighted by Gasteiger charge is 2.07. The molecular weight excluding hydrogens is 188 g/mol. The molecule has 10 heavy (non-hydrogen) atoms. The fourth-order valence-electron chi connectivity index (χ4n) is 1.17. The van der Waals surface area contributed by atoms with Crippen LogP contribution < -0.4 is 0 Å². The van der Waals surface area contributed by atoms with Crippen LogP contribution >= 0.6 is 15.9 Å². The molecule has 0 nitrogen and oxygen atoms in total. The van der Waals surface area contributed by atoms with Crippen molar-refractivity contribution in [3.8, 4) is 0 Å². The molecule has 0 aliphatic heterocycles. The van der Waals surface area contributed by atoms with E-state index in [1.54, 1.807) is 0 Å². The highest BCUT2D eigenvalue weighted by molar-refractivity contribution is 9.11. The van der Waals surface area contributed by atoms with Crippen molar-refractivity contribution in [3.05, 3.63) is 39.9 Å². The molecule has 0 saturated carbocycles. The fourth-order valence-corrected chi connectivity index (χ4v) is 1.72. The van der Waals surface area contributed by atoms with Gasteiger partial charge in [-0.3, -0.25) is 0 Å². The third kappa shape index (κ3) is 0.907. The zero-order chi connectivity index (χ0) is 6.97. The molecule has 0 amide bonds. The van der Waals surface area contributed by atoms with Gasteiger partial charge in [-0.1, -0.05) is 34.1 Å². The van der Waals surface area contributed by atoms with Crippen molar-refractivity contribution >= 4 is 22.0 Å². The first-order valence-corrected chi connectivity index (χ1v) is 4.00. The fraction of sp³-hybridized carbons (Fsp3) is 0.111. The summed E-state index contributed by atoms with van der Waals surface area (Å²) in [5, 5.41) is 0. The zero-order valence-corrected chi connectivity index (χ0v) is 6.98. The highest BCUT2D eigenvalue weighted by atomic mass is 79.9. The van der Waals surface area contributed by atoms with E-state index in [0.717, 1.165) is 6.42 Å². The lowest BCUT2D eigenvalue weighted by Gasteiger charge is -1.93. The van der Waals surface area contributed by atoms with Gasteiger partial charge in [0.15, 0.2) is 0 Å². The molecule has 0 N–H and O–H groups in total. The lowest BCUT2D eigenvalue weighted by Crippen LogP contribution is -1.78. The molecule has 1 aliphatic rings. The Labute approximate surface area is 68.7 Å². The Morgan fingerprint density at radius 2 is 2.40 bits per heavy atom. The monoisotopic (exact) mass is 193 g/mol. The van der Waals surface area contributed by atoms with Gasteiger partial charge in [0.1, 0.15) is 0 Å². The van der Waals surface area contributed by atoms with Crippen molar-refractivity contribution < 1.29 is 0 Å². The van der Waals surface area contributed by atoms with Crippen LogP contribution in [0.4, 0.5) is 0 Å². The predicted octanol–water partition coefficient (Wildman–Crippen LogP) is 2.78. The van der Waals surface area contributed by atoms with Gasteiger partial charge in [0.05, 0.1) is 0 Å². The molecule has 1 heteroatoms. The van der Waals surface area contributed by atoms with Crippen LogP contribution in [0.5, 0.6) is 0 Å². The van der Waals surface area contributed by atoms with E-state index < -0.39 is 0 Å². The second kappa shape index (κ2) is 2.24. The molecule has 0 heterocycles. The van der Waals surface area contributed by atoms with E-state index in [-0.39, 0.29) is 0 Å². The highest BCUT2D eigenvalue weighted by Crippen LogP contribution is 2.27. The molecule has 0 bridgehead atoms. The van der Waals surface area contributed by atoms with Gasteiger partial charge in [-0.05, 0) is 23.3 Å². The summed E-state index contributed by atoms with van der Waals surface area (Å²) in [6, 6.07) is 9.13. The maximum absolute atomic E-state index is 3.47. The molecule has 2 rings (SSSR count). The van der Waals surface area contributed by atoms with E-state index in [1.807, 2.05) is 12.1 Å². The van der Waals surface area contributed by atoms with Gasteiger partial charge in [-0.2, -0.15) is 0 Å². The summed E-state index contributed by atoms with van der Waals surface area (Å²) in [4.78, 5) is 0. The number of hydrogen-bond donors (Lipinski definition) is 0. The van der Waals surface area contributed by atoms with Crippen LogP contribution in [0.25, 0.3) is 6.08 Å². The average molecular weight is 194 g/mol. The summed E-state index contributed by atoms with van der Waals surface area (Å²) in [5.74, 6) is 0. The van der Waals surface area contributed by atoms with Crippen molar-refractivity contribution in [3.63, 3.8) is 0 Å². The maximum Gasteiger partial charge on any atom is 0.00470 e. The molecule has 1 aromatic carbocycles. The lowest BCUT2D eigenvalue weighted by atomic mass is 10.1. The number of fused-ring (bicyclic) bond motifs is 1. The van der Waals surface area contributed by atoms with Crippen LogP contribution in [0.3, 0.4) is 0 Å². The van der Waals surface area contributed by atoms with Crippen molar-refractivity contribution in [2.75, 3.05) is 0 Å². The normalized spacial score (nSPS) is 14.7. The smallest absolute Gasteiger partial charge is 0.00470 e. The van der Waals surface area contributed by atoms with Gasteiger partial charge in [-0.15, -0.1) is 0 Å². The quantitative estimate of drug-likeness (QED) is 0.595. The van der Waals surface area contributed by atoms with Crippen LogP contribution in [0, 0.1) is 6.07 Å². The van der Waals surface area contributed by atoms with E-state index in [4.69, 9.17) is 0 Å². The minimum absolute atomic E-state index is 1.03. The molecular formula is C9H6Br. The minimum Gasteiger partial charge on any atom is -0.0553 e. The third-order valence-electron chi connectivity index (χ3n) is 1.66. The molecule has 1 radical (unpaired) electrons. The van der Waals surface area contributed by atoms with E-state index in [0.29, 0.717) is 0 Å². The number of hydrogen-bond acceptors (Lipinski definition) is 0. The first-order valence-electron chi connectivity index (χ1n) is 3.21. The molecule has 0 spiro atoms. The van der Waals surface area contributed by atoms with E-state index in [9.17, 15) is 0 Å². The minimum atomic E-state index is 1.03. The Morgan fingerprint density at radius 1 is 1.50 bits per heavy atom. The van der Waals surface area contributed by atoms with Crippen molar-refractivity contribution in [2.45, 2.75) is 6.42 Å². The summed E-state index contributed by atoms with van der Waals surface area (Å²) in [6.45, 7) is 0. The topological polar surface area (TPSA) is 0 Å². The predicted molar refractivity (Wildman–Crippen MR) is 45.9 cm³/mol. The van der Waals surface area contributed by atoms with Crippen molar-refractivity contribution in [1.29, 1.82) is 0 Å². The molecule has 49 valence electrons. The average Bonchev–Trinajstić information content (AvgIpc) is 2.27. The van der Waals surface area contributed by atoms with Crippen LogP contribution in [0.1, 0.15) is 11.1 Å². The molecule has 0 unspecified atom stereocenters. The van der Waals surface area contributed by atoms with Crippen LogP contribution in [-0.2, 0) is 6.42 Å². The zero-order valence-electron chi connectivity index (χ0n) is 5.39. The largest absolute Gasteiger partial charge is 0.0553 e. The standard InChI is InChI=1S/C9H6Br/c10-9-5-7-3-1-2-4-8(7)6-9/h1,3-5H,6H2. The number of benzene rings is 1. The Balaban J connectivity index is 2.54. The molecule has 1 aliphatic carbocycles. The Morgan fingerprint density at radius 3 is 3.20 bits per heavy atom. The van der Waals surface area contributed by atoms with E-state index in [1.165, 1.54) is 15.6 Å². The summed E-state index contributed by atoms with van der Waals surface area (Å²) < 4.78 is 1.27. The van der Waals surface area contributed by atoms with Crippen LogP contribution in [0.15, 0.2) is 22.7 Å². The molecule has 0 fully saturated rings. The summed E-state index contributed by atoms with van der Waals surface area (Å²) in [6.07, 6.45) is 3.19. The third-order valence-corrected chi connectivity index (χ3v) is 2.17. The number of halogens is 1. The van der Waals surface area contributed by atoms with Gasteiger partial charge in [0, 0.05) is 10.9 Å². The first kappa shape index (κ1) is 6.17. The second-order valence-electron chi connectivity index (χ2n) is 2.39. The van der Waals surface area contributed by atoms with E-state index in [2.05, 4.69) is 34.1 Å². The Bertz CT molecular complexity index is 287. The first-order chi connectivity index (χ1) is 4.86. The lowest BCUT2D eigenvalue weighted by molar-refractivity contribution is 1.30. The summed E-state index contributed by atoms with van der Waals surface area (Å²) in [7, 11) is 0. The van der Waals surface area contributed by atoms with Crippen LogP contribution in [-0.4, -0.2) is 0 Å². The number of allylic oxidation sites excluding steroid dienone is 1. The summed E-state index contributed by atoms with van der Waals surface area (Å²) >= 11 is 3.47. The van der Waals surface area contributed by atoms with Gasteiger partial charge < -0.3 is 0 Å². The Hall–Kier alpha value is -0.560. The molecule has 0 saturated heterocycles. The van der Waals surface area contributed by atoms with Crippen molar-refractivity contribution in [1.82, 2.24) is 0 Å².